The summed E-state index contributed by atoms with van der Waals surface area (Å²) in [7, 11) is 0. The Balaban J connectivity index is 1.87. The summed E-state index contributed by atoms with van der Waals surface area (Å²) in [6.45, 7) is 2.01. The minimum atomic E-state index is -0.272. The molecule has 3 nitrogen and oxygen atoms in total. The number of thiocarbonyl (C=S) groups is 1. The molecular formula is C15H14FN3S. The van der Waals surface area contributed by atoms with Crippen molar-refractivity contribution in [2.45, 2.75) is 6.92 Å². The zero-order valence-corrected chi connectivity index (χ0v) is 11.7. The third kappa shape index (κ3) is 4.44. The van der Waals surface area contributed by atoms with E-state index in [4.69, 9.17) is 12.2 Å². The Hall–Kier alpha value is -2.27. The molecule has 0 aliphatic carbocycles. The van der Waals surface area contributed by atoms with Crippen LogP contribution < -0.4 is 10.7 Å². The van der Waals surface area contributed by atoms with E-state index in [-0.39, 0.29) is 5.82 Å². The van der Waals surface area contributed by atoms with Crippen molar-refractivity contribution >= 4 is 29.2 Å². The van der Waals surface area contributed by atoms with Crippen molar-refractivity contribution in [1.29, 1.82) is 0 Å². The molecule has 2 aromatic carbocycles. The summed E-state index contributed by atoms with van der Waals surface area (Å²) in [6, 6.07) is 13.9. The largest absolute Gasteiger partial charge is 0.331 e. The van der Waals surface area contributed by atoms with Crippen molar-refractivity contribution in [3.63, 3.8) is 0 Å². The van der Waals surface area contributed by atoms with Gasteiger partial charge in [0.2, 0.25) is 0 Å². The molecule has 0 atom stereocenters. The number of nitrogens with one attached hydrogen (secondary N) is 2. The molecule has 0 saturated carbocycles. The normalized spacial score (nSPS) is 10.5. The number of hydrogen-bond acceptors (Lipinski definition) is 2. The van der Waals surface area contributed by atoms with Crippen LogP contribution in [-0.4, -0.2) is 11.3 Å². The van der Waals surface area contributed by atoms with Gasteiger partial charge in [-0.25, -0.2) is 4.39 Å². The fourth-order valence-electron chi connectivity index (χ4n) is 1.60. The molecule has 0 aromatic heterocycles. The zero-order chi connectivity index (χ0) is 14.4. The van der Waals surface area contributed by atoms with Crippen molar-refractivity contribution in [1.82, 2.24) is 5.43 Å². The second kappa shape index (κ2) is 6.77. The summed E-state index contributed by atoms with van der Waals surface area (Å²) < 4.78 is 12.7. The van der Waals surface area contributed by atoms with Crippen molar-refractivity contribution in [3.05, 3.63) is 65.5 Å². The second-order valence-corrected chi connectivity index (χ2v) is 4.65. The molecule has 2 aromatic rings. The molecule has 0 aliphatic rings. The molecule has 0 heterocycles. The molecule has 2 N–H and O–H groups in total. The van der Waals surface area contributed by atoms with E-state index in [1.807, 2.05) is 31.2 Å². The Kier molecular flexibility index (Phi) is 4.79. The van der Waals surface area contributed by atoms with Gasteiger partial charge in [-0.15, -0.1) is 0 Å². The fourth-order valence-corrected chi connectivity index (χ4v) is 1.77. The number of nitrogens with zero attached hydrogens (tertiary/aromatic N) is 1. The highest BCUT2D eigenvalue weighted by molar-refractivity contribution is 7.80. The lowest BCUT2D eigenvalue weighted by Gasteiger charge is -2.07. The molecular weight excluding hydrogens is 273 g/mol. The van der Waals surface area contributed by atoms with Crippen LogP contribution in [0.4, 0.5) is 10.1 Å². The van der Waals surface area contributed by atoms with E-state index in [0.29, 0.717) is 5.11 Å². The minimum absolute atomic E-state index is 0.272. The number of hydrazone groups is 1. The van der Waals surface area contributed by atoms with Gasteiger partial charge in [0.25, 0.3) is 0 Å². The van der Waals surface area contributed by atoms with Gasteiger partial charge in [0, 0.05) is 5.69 Å². The first-order valence-corrected chi connectivity index (χ1v) is 6.46. The van der Waals surface area contributed by atoms with E-state index in [1.165, 1.54) is 12.1 Å². The van der Waals surface area contributed by atoms with Crippen LogP contribution >= 0.6 is 12.2 Å². The average Bonchev–Trinajstić information content (AvgIpc) is 2.41. The molecule has 0 aliphatic heterocycles. The quantitative estimate of drug-likeness (QED) is 0.516. The van der Waals surface area contributed by atoms with Gasteiger partial charge in [-0.05, 0) is 54.5 Å². The molecule has 0 unspecified atom stereocenters. The van der Waals surface area contributed by atoms with Crippen LogP contribution in [0, 0.1) is 12.7 Å². The lowest BCUT2D eigenvalue weighted by Crippen LogP contribution is -2.23. The van der Waals surface area contributed by atoms with Gasteiger partial charge in [-0.3, -0.25) is 5.43 Å². The minimum Gasteiger partial charge on any atom is -0.331 e. The van der Waals surface area contributed by atoms with E-state index in [0.717, 1.165) is 16.8 Å². The highest BCUT2D eigenvalue weighted by atomic mass is 32.1. The van der Waals surface area contributed by atoms with Gasteiger partial charge in [0.05, 0.1) is 6.21 Å². The Morgan fingerprint density at radius 3 is 2.65 bits per heavy atom. The molecule has 0 amide bonds. The standard InChI is InChI=1S/C15H14FN3S/c1-11-3-2-4-14(9-11)18-15(20)19-17-10-12-5-7-13(16)8-6-12/h2-10H,1H3,(H2,18,19,20)/b17-10-. The first-order chi connectivity index (χ1) is 9.63. The molecule has 0 radical (unpaired) electrons. The molecule has 0 spiro atoms. The van der Waals surface area contributed by atoms with Crippen molar-refractivity contribution in [3.8, 4) is 0 Å². The van der Waals surface area contributed by atoms with E-state index in [1.54, 1.807) is 18.3 Å². The number of anilines is 1. The predicted molar refractivity (Wildman–Crippen MR) is 84.5 cm³/mol. The van der Waals surface area contributed by atoms with Gasteiger partial charge < -0.3 is 5.32 Å². The summed E-state index contributed by atoms with van der Waals surface area (Å²) >= 11 is 5.12. The summed E-state index contributed by atoms with van der Waals surface area (Å²) in [5.74, 6) is -0.272. The predicted octanol–water partition coefficient (Wildman–Crippen LogP) is 3.45. The molecule has 0 saturated heterocycles. The molecule has 0 fully saturated rings. The van der Waals surface area contributed by atoms with Gasteiger partial charge in [0.15, 0.2) is 5.11 Å². The van der Waals surface area contributed by atoms with Crippen molar-refractivity contribution in [2.75, 3.05) is 5.32 Å². The highest BCUT2D eigenvalue weighted by Gasteiger charge is 1.96. The van der Waals surface area contributed by atoms with Gasteiger partial charge >= 0.3 is 0 Å². The maximum absolute atomic E-state index is 12.7. The Morgan fingerprint density at radius 2 is 1.95 bits per heavy atom. The lowest BCUT2D eigenvalue weighted by atomic mass is 10.2. The Bertz CT molecular complexity index is 623. The van der Waals surface area contributed by atoms with E-state index in [9.17, 15) is 4.39 Å². The Labute approximate surface area is 122 Å². The third-order valence-corrected chi connectivity index (χ3v) is 2.72. The van der Waals surface area contributed by atoms with Gasteiger partial charge in [-0.1, -0.05) is 24.3 Å². The molecule has 20 heavy (non-hydrogen) atoms. The van der Waals surface area contributed by atoms with Gasteiger partial charge in [0.1, 0.15) is 5.82 Å². The van der Waals surface area contributed by atoms with Crippen LogP contribution in [0.1, 0.15) is 11.1 Å². The van der Waals surface area contributed by atoms with Crippen LogP contribution in [0.15, 0.2) is 53.6 Å². The first kappa shape index (κ1) is 14.1. The van der Waals surface area contributed by atoms with Gasteiger partial charge in [-0.2, -0.15) is 5.10 Å². The number of hydrogen-bond donors (Lipinski definition) is 2. The summed E-state index contributed by atoms with van der Waals surface area (Å²) in [5.41, 5.74) is 5.55. The average molecular weight is 287 g/mol. The monoisotopic (exact) mass is 287 g/mol. The molecule has 0 bridgehead atoms. The van der Waals surface area contributed by atoms with Crippen molar-refractivity contribution < 1.29 is 4.39 Å². The first-order valence-electron chi connectivity index (χ1n) is 6.06. The zero-order valence-electron chi connectivity index (χ0n) is 10.9. The Morgan fingerprint density at radius 1 is 1.20 bits per heavy atom. The van der Waals surface area contributed by atoms with E-state index in [2.05, 4.69) is 15.8 Å². The van der Waals surface area contributed by atoms with Crippen LogP contribution in [0.5, 0.6) is 0 Å². The van der Waals surface area contributed by atoms with E-state index < -0.39 is 0 Å². The van der Waals surface area contributed by atoms with Crippen LogP contribution in [0.3, 0.4) is 0 Å². The smallest absolute Gasteiger partial charge is 0.191 e. The summed E-state index contributed by atoms with van der Waals surface area (Å²) in [5, 5.41) is 7.41. The highest BCUT2D eigenvalue weighted by Crippen LogP contribution is 2.09. The molecule has 5 heteroatoms. The lowest BCUT2D eigenvalue weighted by molar-refractivity contribution is 0.628. The maximum Gasteiger partial charge on any atom is 0.191 e. The van der Waals surface area contributed by atoms with Crippen LogP contribution in [0.25, 0.3) is 0 Å². The topological polar surface area (TPSA) is 36.4 Å². The number of rotatable bonds is 3. The van der Waals surface area contributed by atoms with E-state index >= 15 is 0 Å². The van der Waals surface area contributed by atoms with Crippen molar-refractivity contribution in [2.24, 2.45) is 5.10 Å². The molecule has 102 valence electrons. The summed E-state index contributed by atoms with van der Waals surface area (Å²) in [6.07, 6.45) is 1.57. The molecule has 2 rings (SSSR count). The SMILES string of the molecule is Cc1cccc(NC(=S)N/N=C\c2ccc(F)cc2)c1. The fraction of sp³-hybridized carbons (Fsp3) is 0.0667. The maximum atomic E-state index is 12.7. The van der Waals surface area contributed by atoms with Crippen LogP contribution in [-0.2, 0) is 0 Å². The third-order valence-electron chi connectivity index (χ3n) is 2.53. The number of halogens is 1. The summed E-state index contributed by atoms with van der Waals surface area (Å²) in [4.78, 5) is 0. The number of aryl methyl sites for hydroxylation is 1. The van der Waals surface area contributed by atoms with Crippen LogP contribution in [0.2, 0.25) is 0 Å². The number of benzene rings is 2. The second-order valence-electron chi connectivity index (χ2n) is 4.25.